The van der Waals surface area contributed by atoms with Gasteiger partial charge in [0.25, 0.3) is 23.4 Å². The Morgan fingerprint density at radius 1 is 0.741 bits per heavy atom. The van der Waals surface area contributed by atoms with Crippen molar-refractivity contribution in [2.75, 3.05) is 17.2 Å². The minimum atomic E-state index is -1.81. The molecule has 6 rings (SSSR count). The minimum absolute atomic E-state index is 0. The third-order valence-electron chi connectivity index (χ3n) is 8.92. The molecule has 2 heterocycles. The van der Waals surface area contributed by atoms with E-state index in [0.29, 0.717) is 25.7 Å². The van der Waals surface area contributed by atoms with Crippen molar-refractivity contribution in [1.82, 2.24) is 9.13 Å². The van der Waals surface area contributed by atoms with Crippen molar-refractivity contribution in [1.29, 1.82) is 10.5 Å². The van der Waals surface area contributed by atoms with Gasteiger partial charge in [-0.3, -0.25) is 19.2 Å². The summed E-state index contributed by atoms with van der Waals surface area (Å²) in [6.07, 6.45) is 2.71. The summed E-state index contributed by atoms with van der Waals surface area (Å²) in [7, 11) is 2.80. The first-order valence-electron chi connectivity index (χ1n) is 16.8. The molecule has 0 spiro atoms. The van der Waals surface area contributed by atoms with E-state index in [2.05, 4.69) is 15.4 Å². The first-order chi connectivity index (χ1) is 26.6. The van der Waals surface area contributed by atoms with Gasteiger partial charge in [-0.05, 0) is 69.0 Å². The number of esters is 1. The van der Waals surface area contributed by atoms with Gasteiger partial charge < -0.3 is 35.1 Å². The number of rotatable bonds is 11. The van der Waals surface area contributed by atoms with Crippen LogP contribution in [0.5, 0.6) is 0 Å². The number of anilines is 2. The number of ether oxygens (including phenoxy) is 1. The van der Waals surface area contributed by atoms with Crippen LogP contribution in [0.25, 0.3) is 0 Å². The Hall–Kier alpha value is -6.12. The third kappa shape index (κ3) is 9.35. The number of ketones is 2. The molecule has 2 saturated carbocycles. The molecular formula is C38H31F4N6NaO9. The van der Waals surface area contributed by atoms with Crippen molar-refractivity contribution < 1.29 is 91.2 Å². The number of hydrogen-bond acceptors (Lipinski definition) is 10. The van der Waals surface area contributed by atoms with Crippen LogP contribution in [0.1, 0.15) is 109 Å². The Balaban J connectivity index is 0.000000301. The molecule has 0 radical (unpaired) electrons. The maximum absolute atomic E-state index is 15.1. The predicted octanol–water partition coefficient (Wildman–Crippen LogP) is 2.45. The largest absolute Gasteiger partial charge is 1.00 e. The molecule has 0 aliphatic heterocycles. The van der Waals surface area contributed by atoms with E-state index in [1.807, 2.05) is 0 Å². The van der Waals surface area contributed by atoms with Crippen LogP contribution in [0.4, 0.5) is 28.9 Å². The van der Waals surface area contributed by atoms with Crippen LogP contribution >= 0.6 is 0 Å². The molecule has 2 fully saturated rings. The number of Topliss-reactive ketones (excluding diaryl/α,β-unsaturated/α-hetero) is 2. The Labute approximate surface area is 348 Å². The molecule has 2 aliphatic carbocycles. The van der Waals surface area contributed by atoms with Crippen LogP contribution < -0.4 is 40.2 Å². The number of carbonyl (C=O) groups is 6. The molecule has 296 valence electrons. The fraction of sp³-hybridized carbons (Fsp3) is 0.263. The summed E-state index contributed by atoms with van der Waals surface area (Å²) < 4.78 is 63.9. The Bertz CT molecular complexity index is 2440. The predicted molar refractivity (Wildman–Crippen MR) is 188 cm³/mol. The summed E-state index contributed by atoms with van der Waals surface area (Å²) in [5.41, 5.74) is -2.05. The van der Waals surface area contributed by atoms with Gasteiger partial charge in [0, 0.05) is 48.7 Å². The molecule has 4 aromatic rings. The number of carbonyl (C=O) groups excluding carboxylic acids is 5. The minimum Gasteiger partial charge on any atom is -0.870 e. The molecule has 2 aliphatic rings. The maximum Gasteiger partial charge on any atom is 1.00 e. The van der Waals surface area contributed by atoms with Gasteiger partial charge in [0.2, 0.25) is 0 Å². The number of benzene rings is 2. The molecule has 20 heteroatoms. The molecule has 0 unspecified atom stereocenters. The topological polar surface area (TPSA) is 243 Å². The average molecular weight is 815 g/mol. The maximum atomic E-state index is 15.1. The SMILES string of the molecule is CCOC(=O)C(=O)c1c(F)c(C(=O)Nc2ccc(F)c(C#N)c2)n(C)c1C1CC1.Cn1c(C(=O)Nc2ccc(F)c(C#N)c2)c(F)c(C(=O)C(=O)O)c1C1CC1.[Na+].[OH-]. The molecule has 0 atom stereocenters. The van der Waals surface area contributed by atoms with Gasteiger partial charge in [0.15, 0.2) is 11.6 Å². The van der Waals surface area contributed by atoms with Gasteiger partial charge in [0.05, 0.1) is 28.9 Å². The number of nitriles is 2. The van der Waals surface area contributed by atoms with E-state index in [4.69, 9.17) is 15.6 Å². The van der Waals surface area contributed by atoms with Gasteiger partial charge in [-0.15, -0.1) is 0 Å². The second kappa shape index (κ2) is 18.9. The van der Waals surface area contributed by atoms with E-state index in [1.165, 1.54) is 42.3 Å². The molecular weight excluding hydrogens is 783 g/mol. The molecule has 15 nitrogen and oxygen atoms in total. The monoisotopic (exact) mass is 814 g/mol. The van der Waals surface area contributed by atoms with Crippen LogP contribution in [0.2, 0.25) is 0 Å². The van der Waals surface area contributed by atoms with Crippen LogP contribution in [0, 0.1) is 45.9 Å². The Kier molecular flexibility index (Phi) is 15.1. The van der Waals surface area contributed by atoms with Gasteiger partial charge in [0.1, 0.15) is 35.2 Å². The second-order valence-corrected chi connectivity index (χ2v) is 12.7. The normalized spacial score (nSPS) is 12.6. The van der Waals surface area contributed by atoms with Crippen molar-refractivity contribution in [3.8, 4) is 12.1 Å². The number of nitrogens with one attached hydrogen (secondary N) is 2. The first kappa shape index (κ1) is 46.3. The fourth-order valence-electron chi connectivity index (χ4n) is 6.10. The summed E-state index contributed by atoms with van der Waals surface area (Å²) in [5, 5.41) is 31.4. The molecule has 0 bridgehead atoms. The first-order valence-corrected chi connectivity index (χ1v) is 16.8. The van der Waals surface area contributed by atoms with Crippen molar-refractivity contribution in [2.45, 2.75) is 44.4 Å². The van der Waals surface area contributed by atoms with E-state index in [0.717, 1.165) is 24.3 Å². The molecule has 2 aromatic carbocycles. The van der Waals surface area contributed by atoms with E-state index < -0.39 is 81.1 Å². The zero-order chi connectivity index (χ0) is 41.2. The van der Waals surface area contributed by atoms with Crippen molar-refractivity contribution in [3.63, 3.8) is 0 Å². The molecule has 2 amide bonds. The standard InChI is InChI=1S/C20H17F2N3O4.C18H13F2N3O4.Na.H2O/c1-3-29-20(28)18(26)14-15(22)17(25(2)16(14)10-4-5-10)19(27)24-12-6-7-13(21)11(8-12)9-23;1-23-14(8-2-3-8)12(16(24)18(26)27)13(20)15(23)17(25)22-10-4-5-11(19)9(6-10)7-21;;/h6-8,10H,3-5H2,1-2H3,(H,24,27);4-6,8H,2-3H2,1H3,(H,22,25)(H,26,27);;1H2/q;;+1;/p-1. The smallest absolute Gasteiger partial charge is 0.870 e. The van der Waals surface area contributed by atoms with E-state index >= 15 is 4.39 Å². The fourth-order valence-corrected chi connectivity index (χ4v) is 6.10. The quantitative estimate of drug-likeness (QED) is 0.0653. The number of amides is 2. The Morgan fingerprint density at radius 3 is 1.45 bits per heavy atom. The van der Waals surface area contributed by atoms with Crippen molar-refractivity contribution in [3.05, 3.63) is 105 Å². The number of hydrogen-bond donors (Lipinski definition) is 3. The second-order valence-electron chi connectivity index (χ2n) is 12.7. The van der Waals surface area contributed by atoms with Crippen molar-refractivity contribution >= 4 is 46.7 Å². The molecule has 0 saturated heterocycles. The van der Waals surface area contributed by atoms with E-state index in [-0.39, 0.29) is 87.4 Å². The zero-order valence-corrected chi connectivity index (χ0v) is 33.2. The molecule has 2 aromatic heterocycles. The number of carboxylic acids is 1. The van der Waals surface area contributed by atoms with Crippen LogP contribution in [0.3, 0.4) is 0 Å². The number of aromatic nitrogens is 2. The Morgan fingerprint density at radius 2 is 1.12 bits per heavy atom. The number of aliphatic carboxylic acids is 1. The third-order valence-corrected chi connectivity index (χ3v) is 8.92. The molecule has 58 heavy (non-hydrogen) atoms. The van der Waals surface area contributed by atoms with Gasteiger partial charge in [-0.25, -0.2) is 27.2 Å². The van der Waals surface area contributed by atoms with Crippen LogP contribution in [-0.2, 0) is 28.4 Å². The van der Waals surface area contributed by atoms with Crippen LogP contribution in [0.15, 0.2) is 36.4 Å². The van der Waals surface area contributed by atoms with Gasteiger partial charge in [-0.2, -0.15) is 10.5 Å². The van der Waals surface area contributed by atoms with E-state index in [9.17, 15) is 41.9 Å². The summed E-state index contributed by atoms with van der Waals surface area (Å²) >= 11 is 0. The summed E-state index contributed by atoms with van der Waals surface area (Å²) in [6, 6.07) is 9.86. The zero-order valence-electron chi connectivity index (χ0n) is 31.2. The van der Waals surface area contributed by atoms with E-state index in [1.54, 1.807) is 12.1 Å². The summed E-state index contributed by atoms with van der Waals surface area (Å²) in [6.45, 7) is 1.47. The summed E-state index contributed by atoms with van der Waals surface area (Å²) in [4.78, 5) is 72.5. The van der Waals surface area contributed by atoms with Gasteiger partial charge >= 0.3 is 41.5 Å². The van der Waals surface area contributed by atoms with Crippen molar-refractivity contribution in [2.24, 2.45) is 14.1 Å². The summed E-state index contributed by atoms with van der Waals surface area (Å²) in [5.74, 6) is -11.6. The van der Waals surface area contributed by atoms with Crippen LogP contribution in [-0.4, -0.2) is 61.6 Å². The molecule has 4 N–H and O–H groups in total. The number of halogens is 4. The number of nitrogens with zero attached hydrogens (tertiary/aromatic N) is 4. The average Bonchev–Trinajstić information content (AvgIpc) is 4.10. The number of carboxylic acid groups (broad SMARTS) is 1. The van der Waals surface area contributed by atoms with Gasteiger partial charge in [-0.1, -0.05) is 0 Å².